The molecule has 0 spiro atoms. The largest absolute Gasteiger partial charge is 0.341 e. The SMILES string of the molecule is CN(Cc1ccccc1F)C(=O)CSc1nc2sc3c(c2c(=O)n1-c1ccccc1)CCC3. The number of hydrogen-bond donors (Lipinski definition) is 0. The molecule has 2 heterocycles. The summed E-state index contributed by atoms with van der Waals surface area (Å²) in [5.74, 6) is -0.396. The predicted octanol–water partition coefficient (Wildman–Crippen LogP) is 4.83. The van der Waals surface area contributed by atoms with E-state index in [0.29, 0.717) is 16.1 Å². The average Bonchev–Trinajstić information content (AvgIpc) is 3.40. The molecule has 0 unspecified atom stereocenters. The molecule has 0 radical (unpaired) electrons. The maximum absolute atomic E-state index is 14.0. The van der Waals surface area contributed by atoms with Crippen LogP contribution in [0.1, 0.15) is 22.4 Å². The lowest BCUT2D eigenvalue weighted by Crippen LogP contribution is -2.29. The Bertz CT molecular complexity index is 1400. The van der Waals surface area contributed by atoms with E-state index in [2.05, 4.69) is 0 Å². The van der Waals surface area contributed by atoms with Crippen molar-refractivity contribution < 1.29 is 9.18 Å². The van der Waals surface area contributed by atoms with Gasteiger partial charge in [0.05, 0.1) is 16.8 Å². The lowest BCUT2D eigenvalue weighted by Gasteiger charge is -2.18. The van der Waals surface area contributed by atoms with Gasteiger partial charge in [-0.1, -0.05) is 48.2 Å². The van der Waals surface area contributed by atoms with Gasteiger partial charge >= 0.3 is 0 Å². The van der Waals surface area contributed by atoms with Gasteiger partial charge < -0.3 is 4.90 Å². The van der Waals surface area contributed by atoms with E-state index in [4.69, 9.17) is 4.98 Å². The van der Waals surface area contributed by atoms with Crippen LogP contribution in [0.2, 0.25) is 0 Å². The number of nitrogens with zero attached hydrogens (tertiary/aromatic N) is 3. The summed E-state index contributed by atoms with van der Waals surface area (Å²) in [6.45, 7) is 0.182. The molecule has 5 rings (SSSR count). The Kier molecular flexibility index (Phi) is 6.03. The third-order valence-electron chi connectivity index (χ3n) is 5.84. The summed E-state index contributed by atoms with van der Waals surface area (Å²) >= 11 is 2.82. The zero-order valence-corrected chi connectivity index (χ0v) is 19.7. The first-order valence-corrected chi connectivity index (χ1v) is 12.6. The first kappa shape index (κ1) is 21.9. The van der Waals surface area contributed by atoms with E-state index in [1.54, 1.807) is 41.2 Å². The van der Waals surface area contributed by atoms with E-state index in [1.807, 2.05) is 30.3 Å². The minimum atomic E-state index is -0.333. The van der Waals surface area contributed by atoms with Crippen LogP contribution in [0.25, 0.3) is 15.9 Å². The van der Waals surface area contributed by atoms with Crippen LogP contribution in [-0.4, -0.2) is 33.2 Å². The van der Waals surface area contributed by atoms with Crippen molar-refractivity contribution >= 4 is 39.2 Å². The number of carbonyl (C=O) groups excluding carboxylic acids is 1. The molecule has 33 heavy (non-hydrogen) atoms. The molecule has 1 amide bonds. The molecule has 1 aliphatic carbocycles. The Morgan fingerprint density at radius 2 is 1.91 bits per heavy atom. The fraction of sp³-hybridized carbons (Fsp3) is 0.240. The maximum atomic E-state index is 14.0. The topological polar surface area (TPSA) is 55.2 Å². The lowest BCUT2D eigenvalue weighted by molar-refractivity contribution is -0.127. The first-order valence-electron chi connectivity index (χ1n) is 10.8. The minimum absolute atomic E-state index is 0.0831. The van der Waals surface area contributed by atoms with Crippen LogP contribution in [0.3, 0.4) is 0 Å². The number of benzene rings is 2. The standard InChI is InChI=1S/C25H22FN3O2S2/c1-28(14-16-8-5-6-12-19(16)26)21(30)15-32-25-27-23-22(18-11-7-13-20(18)33-23)24(31)29(25)17-9-3-2-4-10-17/h2-6,8-10,12H,7,11,13-15H2,1H3. The Morgan fingerprint density at radius 3 is 2.70 bits per heavy atom. The van der Waals surface area contributed by atoms with E-state index in [0.717, 1.165) is 35.3 Å². The molecule has 5 nitrogen and oxygen atoms in total. The number of thioether (sulfide) groups is 1. The maximum Gasteiger partial charge on any atom is 0.267 e. The summed E-state index contributed by atoms with van der Waals surface area (Å²) in [6, 6.07) is 15.8. The van der Waals surface area contributed by atoms with E-state index in [-0.39, 0.29) is 29.6 Å². The van der Waals surface area contributed by atoms with Crippen LogP contribution < -0.4 is 5.56 Å². The average molecular weight is 480 g/mol. The summed E-state index contributed by atoms with van der Waals surface area (Å²) in [7, 11) is 1.65. The molecule has 0 bridgehead atoms. The van der Waals surface area contributed by atoms with Crippen molar-refractivity contribution in [2.24, 2.45) is 0 Å². The van der Waals surface area contributed by atoms with Gasteiger partial charge in [-0.15, -0.1) is 11.3 Å². The van der Waals surface area contributed by atoms with Crippen molar-refractivity contribution in [1.82, 2.24) is 14.5 Å². The predicted molar refractivity (Wildman–Crippen MR) is 131 cm³/mol. The Balaban J connectivity index is 1.46. The van der Waals surface area contributed by atoms with Gasteiger partial charge in [-0.25, -0.2) is 9.37 Å². The van der Waals surface area contributed by atoms with Crippen LogP contribution in [0, 0.1) is 5.82 Å². The van der Waals surface area contributed by atoms with Crippen LogP contribution in [0.4, 0.5) is 4.39 Å². The summed E-state index contributed by atoms with van der Waals surface area (Å²) in [4.78, 5) is 34.7. The lowest BCUT2D eigenvalue weighted by atomic mass is 10.2. The van der Waals surface area contributed by atoms with Gasteiger partial charge in [0.1, 0.15) is 10.6 Å². The zero-order chi connectivity index (χ0) is 22.9. The number of halogens is 1. The van der Waals surface area contributed by atoms with Crippen LogP contribution in [0.15, 0.2) is 64.5 Å². The highest BCUT2D eigenvalue weighted by Gasteiger charge is 2.24. The van der Waals surface area contributed by atoms with Gasteiger partial charge in [0.25, 0.3) is 5.56 Å². The molecule has 168 valence electrons. The Hall–Kier alpha value is -2.97. The molecule has 0 aliphatic heterocycles. The van der Waals surface area contributed by atoms with E-state index in [9.17, 15) is 14.0 Å². The number of thiophene rings is 1. The smallest absolute Gasteiger partial charge is 0.267 e. The molecule has 2 aromatic heterocycles. The molecular weight excluding hydrogens is 457 g/mol. The number of amides is 1. The Morgan fingerprint density at radius 1 is 1.15 bits per heavy atom. The van der Waals surface area contributed by atoms with E-state index < -0.39 is 0 Å². The number of fused-ring (bicyclic) bond motifs is 3. The second kappa shape index (κ2) is 9.11. The second-order valence-corrected chi connectivity index (χ2v) is 10.1. The Labute approximate surface area is 198 Å². The quantitative estimate of drug-likeness (QED) is 0.294. The fourth-order valence-corrected chi connectivity index (χ4v) is 6.39. The van der Waals surface area contributed by atoms with Gasteiger partial charge in [0.15, 0.2) is 5.16 Å². The minimum Gasteiger partial charge on any atom is -0.341 e. The summed E-state index contributed by atoms with van der Waals surface area (Å²) < 4.78 is 15.6. The number of para-hydroxylation sites is 1. The van der Waals surface area contributed by atoms with Gasteiger partial charge in [-0.05, 0) is 43.0 Å². The molecular formula is C25H22FN3O2S2. The zero-order valence-electron chi connectivity index (χ0n) is 18.1. The number of aromatic nitrogens is 2. The van der Waals surface area contributed by atoms with Crippen molar-refractivity contribution in [3.63, 3.8) is 0 Å². The normalized spacial score (nSPS) is 12.8. The molecule has 0 fully saturated rings. The van der Waals surface area contributed by atoms with Crippen LogP contribution in [0.5, 0.6) is 0 Å². The van der Waals surface area contributed by atoms with Gasteiger partial charge in [0, 0.05) is 24.0 Å². The van der Waals surface area contributed by atoms with Crippen molar-refractivity contribution in [2.75, 3.05) is 12.8 Å². The van der Waals surface area contributed by atoms with Gasteiger partial charge in [0.2, 0.25) is 5.91 Å². The number of hydrogen-bond acceptors (Lipinski definition) is 5. The van der Waals surface area contributed by atoms with E-state index >= 15 is 0 Å². The number of carbonyl (C=O) groups is 1. The molecule has 8 heteroatoms. The first-order chi connectivity index (χ1) is 16.0. The highest BCUT2D eigenvalue weighted by atomic mass is 32.2. The van der Waals surface area contributed by atoms with Crippen molar-refractivity contribution in [3.8, 4) is 5.69 Å². The van der Waals surface area contributed by atoms with Gasteiger partial charge in [-0.3, -0.25) is 14.2 Å². The molecule has 0 saturated carbocycles. The monoisotopic (exact) mass is 479 g/mol. The highest BCUT2D eigenvalue weighted by molar-refractivity contribution is 7.99. The molecule has 0 N–H and O–H groups in total. The molecule has 0 atom stereocenters. The third kappa shape index (κ3) is 4.20. The van der Waals surface area contributed by atoms with Crippen molar-refractivity contribution in [2.45, 2.75) is 31.0 Å². The van der Waals surface area contributed by atoms with Crippen LogP contribution in [-0.2, 0) is 24.2 Å². The molecule has 2 aromatic carbocycles. The van der Waals surface area contributed by atoms with Crippen molar-refractivity contribution in [1.29, 1.82) is 0 Å². The number of rotatable bonds is 6. The molecule has 4 aromatic rings. The summed E-state index contributed by atoms with van der Waals surface area (Å²) in [6.07, 6.45) is 2.97. The van der Waals surface area contributed by atoms with E-state index in [1.165, 1.54) is 27.6 Å². The summed E-state index contributed by atoms with van der Waals surface area (Å²) in [5.41, 5.74) is 2.24. The number of aryl methyl sites for hydroxylation is 2. The van der Waals surface area contributed by atoms with Gasteiger partial charge in [-0.2, -0.15) is 0 Å². The summed E-state index contributed by atoms with van der Waals surface area (Å²) in [5, 5.41) is 1.20. The highest BCUT2D eigenvalue weighted by Crippen LogP contribution is 2.36. The van der Waals surface area contributed by atoms with Crippen molar-refractivity contribution in [3.05, 3.63) is 86.8 Å². The third-order valence-corrected chi connectivity index (χ3v) is 7.95. The molecule has 1 aliphatic rings. The second-order valence-electron chi connectivity index (χ2n) is 8.04. The van der Waals surface area contributed by atoms with Crippen LogP contribution >= 0.6 is 23.1 Å². The fourth-order valence-electron chi connectivity index (χ4n) is 4.13. The molecule has 0 saturated heterocycles.